The Hall–Kier alpha value is -2.14. The number of anilines is 1. The van der Waals surface area contributed by atoms with E-state index >= 15 is 0 Å². The Kier molecular flexibility index (Phi) is 4.57. The van der Waals surface area contributed by atoms with E-state index in [1.54, 1.807) is 7.11 Å². The zero-order valence-electron chi connectivity index (χ0n) is 15.1. The minimum atomic E-state index is 0.497. The van der Waals surface area contributed by atoms with Crippen LogP contribution in [0.1, 0.15) is 36.6 Å². The lowest BCUT2D eigenvalue weighted by atomic mass is 10.2. The molecule has 0 spiro atoms. The molecule has 1 aromatic carbocycles. The number of likely N-dealkylation sites (N-methyl/N-ethyl adjacent to an activating group) is 1. The van der Waals surface area contributed by atoms with E-state index in [1.165, 1.54) is 18.4 Å². The Morgan fingerprint density at radius 3 is 2.84 bits per heavy atom. The van der Waals surface area contributed by atoms with Crippen LogP contribution in [0.4, 0.5) is 5.82 Å². The van der Waals surface area contributed by atoms with Gasteiger partial charge in [-0.1, -0.05) is 18.2 Å². The van der Waals surface area contributed by atoms with Crippen molar-refractivity contribution in [1.82, 2.24) is 14.9 Å². The number of hydrogen-bond donors (Lipinski definition) is 0. The van der Waals surface area contributed by atoms with Gasteiger partial charge in [0, 0.05) is 50.4 Å². The van der Waals surface area contributed by atoms with Crippen molar-refractivity contribution < 1.29 is 4.74 Å². The molecule has 1 atom stereocenters. The Morgan fingerprint density at radius 2 is 2.04 bits per heavy atom. The van der Waals surface area contributed by atoms with Crippen LogP contribution in [0.5, 0.6) is 5.75 Å². The predicted molar refractivity (Wildman–Crippen MR) is 99.1 cm³/mol. The quantitative estimate of drug-likeness (QED) is 0.810. The fraction of sp³-hybridized carbons (Fsp3) is 0.500. The lowest BCUT2D eigenvalue weighted by Crippen LogP contribution is -2.35. The van der Waals surface area contributed by atoms with E-state index in [9.17, 15) is 0 Å². The molecule has 1 unspecified atom stereocenters. The van der Waals surface area contributed by atoms with Crippen molar-refractivity contribution in [2.75, 3.05) is 32.1 Å². The monoisotopic (exact) mass is 338 g/mol. The summed E-state index contributed by atoms with van der Waals surface area (Å²) in [6.07, 6.45) is 5.55. The van der Waals surface area contributed by atoms with Crippen LogP contribution in [0.3, 0.4) is 0 Å². The molecule has 2 heterocycles. The number of nitrogens with zero attached hydrogens (tertiary/aromatic N) is 4. The molecule has 132 valence electrons. The number of likely N-dealkylation sites (tertiary alicyclic amines) is 1. The molecular formula is C20H26N4O. The molecule has 0 N–H and O–H groups in total. The third-order valence-electron chi connectivity index (χ3n) is 5.35. The summed E-state index contributed by atoms with van der Waals surface area (Å²) in [7, 11) is 3.90. The van der Waals surface area contributed by atoms with Gasteiger partial charge in [-0.25, -0.2) is 9.97 Å². The summed E-state index contributed by atoms with van der Waals surface area (Å²) in [6, 6.07) is 10.8. The second-order valence-electron chi connectivity index (χ2n) is 7.15. The van der Waals surface area contributed by atoms with E-state index in [4.69, 9.17) is 9.72 Å². The maximum absolute atomic E-state index is 5.49. The largest absolute Gasteiger partial charge is 0.496 e. The fourth-order valence-electron chi connectivity index (χ4n) is 3.63. The van der Waals surface area contributed by atoms with Gasteiger partial charge in [0.15, 0.2) is 0 Å². The van der Waals surface area contributed by atoms with Gasteiger partial charge in [0.05, 0.1) is 7.11 Å². The molecule has 5 nitrogen and oxygen atoms in total. The molecule has 1 saturated carbocycles. The second kappa shape index (κ2) is 7.00. The zero-order chi connectivity index (χ0) is 17.2. The Morgan fingerprint density at radius 1 is 1.20 bits per heavy atom. The zero-order valence-corrected chi connectivity index (χ0v) is 15.1. The highest BCUT2D eigenvalue weighted by atomic mass is 16.5. The van der Waals surface area contributed by atoms with Crippen molar-refractivity contribution in [1.29, 1.82) is 0 Å². The molecular weight excluding hydrogens is 312 g/mol. The van der Waals surface area contributed by atoms with E-state index in [1.807, 2.05) is 24.4 Å². The molecule has 2 fully saturated rings. The number of rotatable bonds is 6. The van der Waals surface area contributed by atoms with Gasteiger partial charge in [-0.2, -0.15) is 0 Å². The van der Waals surface area contributed by atoms with Gasteiger partial charge in [-0.05, 0) is 31.4 Å². The van der Waals surface area contributed by atoms with E-state index in [-0.39, 0.29) is 0 Å². The van der Waals surface area contributed by atoms with Crippen molar-refractivity contribution in [3.05, 3.63) is 47.9 Å². The van der Waals surface area contributed by atoms with Crippen LogP contribution in [-0.4, -0.2) is 48.2 Å². The van der Waals surface area contributed by atoms with Gasteiger partial charge in [-0.3, -0.25) is 4.90 Å². The van der Waals surface area contributed by atoms with Gasteiger partial charge in [0.25, 0.3) is 0 Å². The van der Waals surface area contributed by atoms with Gasteiger partial charge >= 0.3 is 0 Å². The van der Waals surface area contributed by atoms with Gasteiger partial charge < -0.3 is 9.64 Å². The normalized spacial score (nSPS) is 20.6. The highest BCUT2D eigenvalue weighted by Gasteiger charge is 2.29. The van der Waals surface area contributed by atoms with Crippen molar-refractivity contribution in [2.24, 2.45) is 0 Å². The fourth-order valence-corrected chi connectivity index (χ4v) is 3.63. The van der Waals surface area contributed by atoms with Gasteiger partial charge in [0.1, 0.15) is 17.4 Å². The van der Waals surface area contributed by atoms with Crippen LogP contribution in [-0.2, 0) is 6.54 Å². The van der Waals surface area contributed by atoms with Crippen molar-refractivity contribution in [2.45, 2.75) is 37.8 Å². The first kappa shape index (κ1) is 16.3. The van der Waals surface area contributed by atoms with Crippen LogP contribution >= 0.6 is 0 Å². The minimum Gasteiger partial charge on any atom is -0.496 e. The predicted octanol–water partition coefficient (Wildman–Crippen LogP) is 3.07. The number of aromatic nitrogens is 2. The Bertz CT molecular complexity index is 731. The number of methoxy groups -OCH3 is 1. The second-order valence-corrected chi connectivity index (χ2v) is 7.15. The first-order valence-corrected chi connectivity index (χ1v) is 9.14. The molecule has 2 aliphatic rings. The topological polar surface area (TPSA) is 41.5 Å². The maximum Gasteiger partial charge on any atom is 0.133 e. The van der Waals surface area contributed by atoms with E-state index in [0.717, 1.165) is 43.4 Å². The Balaban J connectivity index is 1.40. The molecule has 25 heavy (non-hydrogen) atoms. The van der Waals surface area contributed by atoms with Crippen LogP contribution < -0.4 is 9.64 Å². The minimum absolute atomic E-state index is 0.497. The smallest absolute Gasteiger partial charge is 0.133 e. The van der Waals surface area contributed by atoms with Crippen LogP contribution in [0, 0.1) is 0 Å². The molecule has 1 aromatic heterocycles. The van der Waals surface area contributed by atoms with Crippen LogP contribution in [0.25, 0.3) is 0 Å². The van der Waals surface area contributed by atoms with Gasteiger partial charge in [-0.15, -0.1) is 0 Å². The van der Waals surface area contributed by atoms with Crippen molar-refractivity contribution >= 4 is 5.82 Å². The number of para-hydroxylation sites is 1. The lowest BCUT2D eigenvalue weighted by molar-refractivity contribution is 0.316. The Labute approximate surface area is 149 Å². The maximum atomic E-state index is 5.49. The molecule has 1 aliphatic heterocycles. The summed E-state index contributed by atoms with van der Waals surface area (Å²) >= 11 is 0. The number of hydrogen-bond acceptors (Lipinski definition) is 5. The first-order valence-electron chi connectivity index (χ1n) is 9.14. The average molecular weight is 338 g/mol. The van der Waals surface area contributed by atoms with Crippen LogP contribution in [0.2, 0.25) is 0 Å². The highest BCUT2D eigenvalue weighted by molar-refractivity contribution is 5.39. The van der Waals surface area contributed by atoms with E-state index in [0.29, 0.717) is 12.0 Å². The summed E-state index contributed by atoms with van der Waals surface area (Å²) in [6.45, 7) is 3.09. The van der Waals surface area contributed by atoms with E-state index in [2.05, 4.69) is 34.0 Å². The SMILES string of the molecule is COc1ccccc1CN1CCC(N(C)c2ccnc(C3CC3)n2)C1. The molecule has 0 amide bonds. The third-order valence-corrected chi connectivity index (χ3v) is 5.35. The molecule has 1 aliphatic carbocycles. The van der Waals surface area contributed by atoms with E-state index < -0.39 is 0 Å². The average Bonchev–Trinajstić information content (AvgIpc) is 3.41. The lowest BCUT2D eigenvalue weighted by Gasteiger charge is -2.26. The first-order chi connectivity index (χ1) is 12.2. The summed E-state index contributed by atoms with van der Waals surface area (Å²) in [4.78, 5) is 14.1. The molecule has 5 heteroatoms. The standard InChI is InChI=1S/C20H26N4O/c1-23(19-9-11-21-20(22-19)15-7-8-15)17-10-12-24(14-17)13-16-5-3-4-6-18(16)25-2/h3-6,9,11,15,17H,7-8,10,12-14H2,1-2H3. The van der Waals surface area contributed by atoms with Crippen molar-refractivity contribution in [3.63, 3.8) is 0 Å². The van der Waals surface area contributed by atoms with Crippen LogP contribution in [0.15, 0.2) is 36.5 Å². The molecule has 2 aromatic rings. The summed E-state index contributed by atoms with van der Waals surface area (Å²) in [5.74, 6) is 3.65. The molecule has 0 bridgehead atoms. The molecule has 0 radical (unpaired) electrons. The van der Waals surface area contributed by atoms with Gasteiger partial charge in [0.2, 0.25) is 0 Å². The highest BCUT2D eigenvalue weighted by Crippen LogP contribution is 2.38. The summed E-state index contributed by atoms with van der Waals surface area (Å²) < 4.78 is 5.49. The summed E-state index contributed by atoms with van der Waals surface area (Å²) in [5.41, 5.74) is 1.26. The van der Waals surface area contributed by atoms with Crippen molar-refractivity contribution in [3.8, 4) is 5.75 Å². The molecule has 4 rings (SSSR count). The number of ether oxygens (including phenoxy) is 1. The molecule has 1 saturated heterocycles. The number of benzene rings is 1. The summed E-state index contributed by atoms with van der Waals surface area (Å²) in [5, 5.41) is 0. The third kappa shape index (κ3) is 3.61.